The van der Waals surface area contributed by atoms with Gasteiger partial charge in [0.1, 0.15) is 0 Å². The molecule has 1 rings (SSSR count). The van der Waals surface area contributed by atoms with Crippen LogP contribution in [-0.4, -0.2) is 37.5 Å². The average molecular weight is 201 g/mol. The number of aliphatic hydroxyl groups is 1. The van der Waals surface area contributed by atoms with Gasteiger partial charge in [-0.2, -0.15) is 0 Å². The molecular weight excluding hydrogens is 178 g/mol. The highest BCUT2D eigenvalue weighted by Gasteiger charge is 2.14. The first kappa shape index (κ1) is 12.0. The molecule has 1 fully saturated rings. The molecule has 3 heteroatoms. The van der Waals surface area contributed by atoms with Crippen molar-refractivity contribution >= 4 is 0 Å². The van der Waals surface area contributed by atoms with Crippen LogP contribution in [0.1, 0.15) is 32.6 Å². The van der Waals surface area contributed by atoms with Crippen molar-refractivity contribution in [2.45, 2.75) is 38.6 Å². The molecule has 0 spiro atoms. The lowest BCUT2D eigenvalue weighted by molar-refractivity contribution is 0.0764. The van der Waals surface area contributed by atoms with E-state index in [-0.39, 0.29) is 0 Å². The van der Waals surface area contributed by atoms with Gasteiger partial charge in [-0.25, -0.2) is 0 Å². The fraction of sp³-hybridized carbons (Fsp3) is 1.00. The molecule has 1 atom stereocenters. The highest BCUT2D eigenvalue weighted by molar-refractivity contribution is 4.72. The smallest absolute Gasteiger partial charge is 0.0480 e. The predicted octanol–water partition coefficient (Wildman–Crippen LogP) is 1.16. The molecule has 0 aliphatic carbocycles. The third kappa shape index (κ3) is 4.40. The zero-order valence-electron chi connectivity index (χ0n) is 9.17. The number of hydrogen-bond donors (Lipinski definition) is 2. The van der Waals surface area contributed by atoms with E-state index < -0.39 is 0 Å². The van der Waals surface area contributed by atoms with Gasteiger partial charge in [-0.1, -0.05) is 13.3 Å². The van der Waals surface area contributed by atoms with Gasteiger partial charge in [0.15, 0.2) is 0 Å². The zero-order chi connectivity index (χ0) is 10.2. The van der Waals surface area contributed by atoms with E-state index in [1.54, 1.807) is 0 Å². The van der Waals surface area contributed by atoms with Crippen LogP contribution in [0.5, 0.6) is 0 Å². The topological polar surface area (TPSA) is 41.5 Å². The first-order chi connectivity index (χ1) is 6.86. The molecule has 3 nitrogen and oxygen atoms in total. The van der Waals surface area contributed by atoms with Gasteiger partial charge in [0.25, 0.3) is 0 Å². The maximum absolute atomic E-state index is 8.86. The quantitative estimate of drug-likeness (QED) is 0.677. The second kappa shape index (κ2) is 7.21. The minimum absolute atomic E-state index is 0.313. The summed E-state index contributed by atoms with van der Waals surface area (Å²) < 4.78 is 5.30. The summed E-state index contributed by atoms with van der Waals surface area (Å²) in [4.78, 5) is 0. The highest BCUT2D eigenvalue weighted by Crippen LogP contribution is 2.10. The van der Waals surface area contributed by atoms with E-state index in [1.807, 2.05) is 0 Å². The number of nitrogens with one attached hydrogen (secondary N) is 1. The Kier molecular flexibility index (Phi) is 6.15. The van der Waals surface area contributed by atoms with Gasteiger partial charge in [-0.05, 0) is 31.7 Å². The standard InChI is InChI=1S/C11H23NO2/c1-2-10(3-6-13)9-12-11-4-7-14-8-5-11/h10-13H,2-9H2,1H3. The summed E-state index contributed by atoms with van der Waals surface area (Å²) in [6.07, 6.45) is 4.34. The Hall–Kier alpha value is -0.120. The number of ether oxygens (including phenoxy) is 1. The maximum atomic E-state index is 8.86. The van der Waals surface area contributed by atoms with Crippen molar-refractivity contribution in [1.29, 1.82) is 0 Å². The Morgan fingerprint density at radius 2 is 2.14 bits per heavy atom. The van der Waals surface area contributed by atoms with Gasteiger partial charge >= 0.3 is 0 Å². The first-order valence-electron chi connectivity index (χ1n) is 5.78. The van der Waals surface area contributed by atoms with Crippen LogP contribution in [0, 0.1) is 5.92 Å². The van der Waals surface area contributed by atoms with Crippen LogP contribution in [0.25, 0.3) is 0 Å². The molecule has 2 N–H and O–H groups in total. The molecule has 0 aromatic carbocycles. The van der Waals surface area contributed by atoms with Crippen LogP contribution < -0.4 is 5.32 Å². The number of hydrogen-bond acceptors (Lipinski definition) is 3. The van der Waals surface area contributed by atoms with E-state index in [2.05, 4.69) is 12.2 Å². The molecule has 0 aromatic rings. The second-order valence-electron chi connectivity index (χ2n) is 4.08. The van der Waals surface area contributed by atoms with Gasteiger partial charge in [-0.15, -0.1) is 0 Å². The second-order valence-corrected chi connectivity index (χ2v) is 4.08. The Morgan fingerprint density at radius 3 is 2.71 bits per heavy atom. The van der Waals surface area contributed by atoms with E-state index in [0.717, 1.165) is 45.4 Å². The van der Waals surface area contributed by atoms with Crippen molar-refractivity contribution in [3.8, 4) is 0 Å². The maximum Gasteiger partial charge on any atom is 0.0480 e. The van der Waals surface area contributed by atoms with Crippen LogP contribution in [0.4, 0.5) is 0 Å². The molecule has 0 aromatic heterocycles. The summed E-state index contributed by atoms with van der Waals surface area (Å²) in [5.74, 6) is 0.628. The molecule has 0 radical (unpaired) electrons. The molecule has 14 heavy (non-hydrogen) atoms. The van der Waals surface area contributed by atoms with Crippen molar-refractivity contribution < 1.29 is 9.84 Å². The number of aliphatic hydroxyl groups excluding tert-OH is 1. The van der Waals surface area contributed by atoms with Crippen LogP contribution in [0.3, 0.4) is 0 Å². The Labute approximate surface area is 86.8 Å². The third-order valence-corrected chi connectivity index (χ3v) is 3.03. The van der Waals surface area contributed by atoms with Crippen LogP contribution in [0.2, 0.25) is 0 Å². The third-order valence-electron chi connectivity index (χ3n) is 3.03. The molecule has 0 bridgehead atoms. The fourth-order valence-electron chi connectivity index (χ4n) is 1.87. The van der Waals surface area contributed by atoms with Gasteiger partial charge in [0.05, 0.1) is 0 Å². The highest BCUT2D eigenvalue weighted by atomic mass is 16.5. The molecule has 0 saturated carbocycles. The van der Waals surface area contributed by atoms with Crippen molar-refractivity contribution in [2.75, 3.05) is 26.4 Å². The lowest BCUT2D eigenvalue weighted by atomic mass is 10.0. The van der Waals surface area contributed by atoms with Crippen molar-refractivity contribution in [3.63, 3.8) is 0 Å². The molecule has 1 aliphatic rings. The zero-order valence-corrected chi connectivity index (χ0v) is 9.17. The fourth-order valence-corrected chi connectivity index (χ4v) is 1.87. The van der Waals surface area contributed by atoms with Crippen molar-refractivity contribution in [1.82, 2.24) is 5.32 Å². The van der Waals surface area contributed by atoms with Crippen molar-refractivity contribution in [2.24, 2.45) is 5.92 Å². The van der Waals surface area contributed by atoms with E-state index in [9.17, 15) is 0 Å². The summed E-state index contributed by atoms with van der Waals surface area (Å²) in [5, 5.41) is 12.4. The van der Waals surface area contributed by atoms with E-state index >= 15 is 0 Å². The Balaban J connectivity index is 2.10. The minimum atomic E-state index is 0.313. The first-order valence-corrected chi connectivity index (χ1v) is 5.78. The molecule has 1 unspecified atom stereocenters. The van der Waals surface area contributed by atoms with Gasteiger partial charge in [0, 0.05) is 25.9 Å². The average Bonchev–Trinajstić information content (AvgIpc) is 2.25. The summed E-state index contributed by atoms with van der Waals surface area (Å²) in [5.41, 5.74) is 0. The molecule has 1 saturated heterocycles. The van der Waals surface area contributed by atoms with Crippen LogP contribution >= 0.6 is 0 Å². The molecule has 0 amide bonds. The molecular formula is C11H23NO2. The summed E-state index contributed by atoms with van der Waals surface area (Å²) >= 11 is 0. The molecule has 84 valence electrons. The predicted molar refractivity (Wildman–Crippen MR) is 57.3 cm³/mol. The Morgan fingerprint density at radius 1 is 1.43 bits per heavy atom. The SMILES string of the molecule is CCC(CCO)CNC1CCOCC1. The van der Waals surface area contributed by atoms with Gasteiger partial charge in [-0.3, -0.25) is 0 Å². The normalized spacial score (nSPS) is 21.0. The van der Waals surface area contributed by atoms with Gasteiger partial charge in [0.2, 0.25) is 0 Å². The van der Waals surface area contributed by atoms with E-state index in [0.29, 0.717) is 18.6 Å². The van der Waals surface area contributed by atoms with E-state index in [1.165, 1.54) is 0 Å². The summed E-state index contributed by atoms with van der Waals surface area (Å²) in [6, 6.07) is 0.636. The largest absolute Gasteiger partial charge is 0.396 e. The van der Waals surface area contributed by atoms with Gasteiger partial charge < -0.3 is 15.2 Å². The summed E-state index contributed by atoms with van der Waals surface area (Å²) in [6.45, 7) is 5.34. The summed E-state index contributed by atoms with van der Waals surface area (Å²) in [7, 11) is 0. The monoisotopic (exact) mass is 201 g/mol. The minimum Gasteiger partial charge on any atom is -0.396 e. The molecule has 1 heterocycles. The van der Waals surface area contributed by atoms with Crippen LogP contribution in [0.15, 0.2) is 0 Å². The Bertz CT molecular complexity index is 130. The lowest BCUT2D eigenvalue weighted by Gasteiger charge is -2.25. The number of rotatable bonds is 6. The lowest BCUT2D eigenvalue weighted by Crippen LogP contribution is -2.37. The molecule has 1 aliphatic heterocycles. The van der Waals surface area contributed by atoms with Crippen molar-refractivity contribution in [3.05, 3.63) is 0 Å². The van der Waals surface area contributed by atoms with Crippen LogP contribution in [-0.2, 0) is 4.74 Å². The van der Waals surface area contributed by atoms with E-state index in [4.69, 9.17) is 9.84 Å².